The van der Waals surface area contributed by atoms with Gasteiger partial charge in [-0.3, -0.25) is 4.79 Å². The highest BCUT2D eigenvalue weighted by atomic mass is 35.5. The van der Waals surface area contributed by atoms with Crippen LogP contribution in [0.3, 0.4) is 0 Å². The largest absolute Gasteiger partial charge is 0.364 e. The van der Waals surface area contributed by atoms with E-state index in [0.717, 1.165) is 22.5 Å². The van der Waals surface area contributed by atoms with Crippen LogP contribution in [-0.4, -0.2) is 15.7 Å². The molecule has 5 heteroatoms. The summed E-state index contributed by atoms with van der Waals surface area (Å²) in [5, 5.41) is 4.94. The number of primary amides is 1. The molecular formula is C17H14ClN3O. The third-order valence-corrected chi connectivity index (χ3v) is 3.75. The van der Waals surface area contributed by atoms with Gasteiger partial charge in [0.1, 0.15) is 0 Å². The topological polar surface area (TPSA) is 60.9 Å². The summed E-state index contributed by atoms with van der Waals surface area (Å²) in [6, 6.07) is 17.1. The van der Waals surface area contributed by atoms with Gasteiger partial charge in [0.05, 0.1) is 5.69 Å². The first-order valence-electron chi connectivity index (χ1n) is 6.78. The van der Waals surface area contributed by atoms with Crippen molar-refractivity contribution in [1.29, 1.82) is 0 Å². The molecule has 4 nitrogen and oxygen atoms in total. The monoisotopic (exact) mass is 311 g/mol. The van der Waals surface area contributed by atoms with Gasteiger partial charge in [-0.05, 0) is 36.8 Å². The number of carbonyl (C=O) groups is 1. The van der Waals surface area contributed by atoms with Crippen LogP contribution in [0, 0.1) is 6.92 Å². The Morgan fingerprint density at radius 2 is 1.91 bits per heavy atom. The molecule has 0 spiro atoms. The number of aryl methyl sites for hydroxylation is 1. The van der Waals surface area contributed by atoms with Gasteiger partial charge in [-0.1, -0.05) is 41.9 Å². The summed E-state index contributed by atoms with van der Waals surface area (Å²) in [6.45, 7) is 1.88. The van der Waals surface area contributed by atoms with Gasteiger partial charge in [-0.25, -0.2) is 4.68 Å². The zero-order valence-corrected chi connectivity index (χ0v) is 12.7. The van der Waals surface area contributed by atoms with Gasteiger partial charge in [-0.2, -0.15) is 5.10 Å². The van der Waals surface area contributed by atoms with Crippen LogP contribution < -0.4 is 5.73 Å². The maximum absolute atomic E-state index is 11.3. The summed E-state index contributed by atoms with van der Waals surface area (Å²) >= 11 is 6.25. The lowest BCUT2D eigenvalue weighted by molar-refractivity contribution is 0.0995. The van der Waals surface area contributed by atoms with E-state index in [2.05, 4.69) is 5.10 Å². The van der Waals surface area contributed by atoms with Gasteiger partial charge >= 0.3 is 0 Å². The number of hydrogen-bond donors (Lipinski definition) is 1. The Kier molecular flexibility index (Phi) is 3.69. The summed E-state index contributed by atoms with van der Waals surface area (Å²) in [5.41, 5.74) is 9.16. The van der Waals surface area contributed by atoms with Crippen molar-refractivity contribution >= 4 is 17.5 Å². The lowest BCUT2D eigenvalue weighted by atomic mass is 10.1. The van der Waals surface area contributed by atoms with Gasteiger partial charge < -0.3 is 5.73 Å². The van der Waals surface area contributed by atoms with E-state index in [0.29, 0.717) is 5.02 Å². The molecule has 110 valence electrons. The lowest BCUT2D eigenvalue weighted by Gasteiger charge is -2.08. The van der Waals surface area contributed by atoms with E-state index >= 15 is 0 Å². The zero-order chi connectivity index (χ0) is 15.7. The first-order chi connectivity index (χ1) is 10.6. The Hall–Kier alpha value is -2.59. The van der Waals surface area contributed by atoms with E-state index < -0.39 is 5.91 Å². The number of carbonyl (C=O) groups excluding carboxylic acids is 1. The molecule has 1 amide bonds. The van der Waals surface area contributed by atoms with Gasteiger partial charge in [0.25, 0.3) is 5.91 Å². The third kappa shape index (κ3) is 2.61. The lowest BCUT2D eigenvalue weighted by Crippen LogP contribution is -2.12. The average molecular weight is 312 g/mol. The molecule has 0 fully saturated rings. The predicted molar refractivity (Wildman–Crippen MR) is 87.3 cm³/mol. The van der Waals surface area contributed by atoms with Crippen LogP contribution in [0.5, 0.6) is 0 Å². The first-order valence-corrected chi connectivity index (χ1v) is 7.16. The number of nitrogens with two attached hydrogens (primary N) is 1. The molecule has 1 heterocycles. The third-order valence-electron chi connectivity index (χ3n) is 3.42. The number of amides is 1. The van der Waals surface area contributed by atoms with Crippen LogP contribution in [0.1, 0.15) is 16.2 Å². The standard InChI is InChI=1S/C17H14ClN3O/c1-11-9-16(17(19)22)20-21(11)13-6-4-5-12(10-13)14-7-2-3-8-15(14)18/h2-10H,1H3,(H2,19,22). The van der Waals surface area contributed by atoms with Gasteiger partial charge in [0, 0.05) is 16.3 Å². The van der Waals surface area contributed by atoms with Crippen molar-refractivity contribution in [1.82, 2.24) is 9.78 Å². The van der Waals surface area contributed by atoms with Crippen molar-refractivity contribution in [2.45, 2.75) is 6.92 Å². The van der Waals surface area contributed by atoms with Gasteiger partial charge in [-0.15, -0.1) is 0 Å². The number of aromatic nitrogens is 2. The van der Waals surface area contributed by atoms with Crippen molar-refractivity contribution < 1.29 is 4.79 Å². The van der Waals surface area contributed by atoms with Crippen molar-refractivity contribution in [2.75, 3.05) is 0 Å². The van der Waals surface area contributed by atoms with Crippen molar-refractivity contribution in [3.05, 3.63) is 71.0 Å². The fourth-order valence-corrected chi connectivity index (χ4v) is 2.60. The quantitative estimate of drug-likeness (QED) is 0.803. The Balaban J connectivity index is 2.09. The van der Waals surface area contributed by atoms with Gasteiger partial charge in [0.15, 0.2) is 5.69 Å². The molecule has 1 aromatic heterocycles. The first kappa shape index (κ1) is 14.4. The number of halogens is 1. The van der Waals surface area contributed by atoms with E-state index in [9.17, 15) is 4.79 Å². The minimum atomic E-state index is -0.538. The molecule has 3 aromatic rings. The second kappa shape index (κ2) is 5.66. The van der Waals surface area contributed by atoms with Crippen LogP contribution in [0.15, 0.2) is 54.6 Å². The predicted octanol–water partition coefficient (Wildman–Crippen LogP) is 3.60. The van der Waals surface area contributed by atoms with Crippen molar-refractivity contribution in [2.24, 2.45) is 5.73 Å². The minimum Gasteiger partial charge on any atom is -0.364 e. The van der Waals surface area contributed by atoms with Crippen LogP contribution >= 0.6 is 11.6 Å². The Morgan fingerprint density at radius 1 is 1.14 bits per heavy atom. The zero-order valence-electron chi connectivity index (χ0n) is 12.0. The highest BCUT2D eigenvalue weighted by molar-refractivity contribution is 6.33. The van der Waals surface area contributed by atoms with Gasteiger partial charge in [0.2, 0.25) is 0 Å². The summed E-state index contributed by atoms with van der Waals surface area (Å²) in [7, 11) is 0. The molecule has 0 aliphatic rings. The Labute approximate surface area is 133 Å². The summed E-state index contributed by atoms with van der Waals surface area (Å²) in [6.07, 6.45) is 0. The fourth-order valence-electron chi connectivity index (χ4n) is 2.36. The number of nitrogens with zero attached hydrogens (tertiary/aromatic N) is 2. The molecule has 3 rings (SSSR count). The minimum absolute atomic E-state index is 0.251. The maximum Gasteiger partial charge on any atom is 0.269 e. The molecule has 2 aromatic carbocycles. The molecule has 22 heavy (non-hydrogen) atoms. The van der Waals surface area contributed by atoms with E-state index in [4.69, 9.17) is 17.3 Å². The molecule has 0 saturated carbocycles. The number of hydrogen-bond acceptors (Lipinski definition) is 2. The maximum atomic E-state index is 11.3. The van der Waals surface area contributed by atoms with E-state index in [-0.39, 0.29) is 5.69 Å². The fraction of sp³-hybridized carbons (Fsp3) is 0.0588. The smallest absolute Gasteiger partial charge is 0.269 e. The van der Waals surface area contributed by atoms with Crippen LogP contribution in [0.4, 0.5) is 0 Å². The normalized spacial score (nSPS) is 10.6. The van der Waals surface area contributed by atoms with E-state index in [1.165, 1.54) is 0 Å². The highest BCUT2D eigenvalue weighted by Crippen LogP contribution is 2.29. The summed E-state index contributed by atoms with van der Waals surface area (Å²) in [4.78, 5) is 11.3. The molecule has 2 N–H and O–H groups in total. The van der Waals surface area contributed by atoms with Crippen LogP contribution in [0.2, 0.25) is 5.02 Å². The number of benzene rings is 2. The molecule has 0 saturated heterocycles. The second-order valence-corrected chi connectivity index (χ2v) is 5.38. The van der Waals surface area contributed by atoms with E-state index in [1.54, 1.807) is 10.7 Å². The molecule has 0 bridgehead atoms. The SMILES string of the molecule is Cc1cc(C(N)=O)nn1-c1cccc(-c2ccccc2Cl)c1. The molecule has 0 aliphatic heterocycles. The van der Waals surface area contributed by atoms with Crippen molar-refractivity contribution in [3.8, 4) is 16.8 Å². The molecule has 0 radical (unpaired) electrons. The van der Waals surface area contributed by atoms with Crippen LogP contribution in [0.25, 0.3) is 16.8 Å². The summed E-state index contributed by atoms with van der Waals surface area (Å²) < 4.78 is 1.69. The Morgan fingerprint density at radius 3 is 2.59 bits per heavy atom. The molecule has 0 aliphatic carbocycles. The molecule has 0 atom stereocenters. The second-order valence-electron chi connectivity index (χ2n) is 4.98. The van der Waals surface area contributed by atoms with E-state index in [1.807, 2.05) is 55.5 Å². The molecule has 0 unspecified atom stereocenters. The highest BCUT2D eigenvalue weighted by Gasteiger charge is 2.11. The molecular weight excluding hydrogens is 298 g/mol. The van der Waals surface area contributed by atoms with Crippen molar-refractivity contribution in [3.63, 3.8) is 0 Å². The average Bonchev–Trinajstić information content (AvgIpc) is 2.90. The number of rotatable bonds is 3. The summed E-state index contributed by atoms with van der Waals surface area (Å²) in [5.74, 6) is -0.538. The van der Waals surface area contributed by atoms with Crippen LogP contribution in [-0.2, 0) is 0 Å². The Bertz CT molecular complexity index is 855.